The number of hydrogen-bond donors (Lipinski definition) is 0. The summed E-state index contributed by atoms with van der Waals surface area (Å²) in [7, 11) is 0. The zero-order valence-corrected chi connectivity index (χ0v) is 11.4. The van der Waals surface area contributed by atoms with E-state index in [0.29, 0.717) is 29.3 Å². The normalized spacial score (nSPS) is 45.3. The first-order chi connectivity index (χ1) is 9.24. The van der Waals surface area contributed by atoms with Gasteiger partial charge in [0.2, 0.25) is 0 Å². The van der Waals surface area contributed by atoms with Crippen molar-refractivity contribution < 1.29 is 9.59 Å². The van der Waals surface area contributed by atoms with E-state index in [2.05, 4.69) is 0 Å². The minimum Gasteiger partial charge on any atom is -0.299 e. The maximum Gasteiger partial charge on any atom is 0.155 e. The Balaban J connectivity index is 1.61. The van der Waals surface area contributed by atoms with Crippen LogP contribution >= 0.6 is 0 Å². The average molecular weight is 258 g/mol. The molecule has 0 N–H and O–H groups in total. The van der Waals surface area contributed by atoms with E-state index in [1.165, 1.54) is 18.4 Å². The van der Waals surface area contributed by atoms with Gasteiger partial charge >= 0.3 is 0 Å². The lowest BCUT2D eigenvalue weighted by atomic mass is 9.56. The lowest BCUT2D eigenvalue weighted by Crippen LogP contribution is -2.41. The number of allylic oxidation sites excluding steroid dienone is 1. The van der Waals surface area contributed by atoms with Gasteiger partial charge in [-0.3, -0.25) is 9.59 Å². The Bertz CT molecular complexity index is 462. The fourth-order valence-electron chi connectivity index (χ4n) is 5.60. The first kappa shape index (κ1) is 11.9. The molecule has 0 heterocycles. The summed E-state index contributed by atoms with van der Waals surface area (Å²) in [5.74, 6) is 4.20. The van der Waals surface area contributed by atoms with Crippen LogP contribution in [0.25, 0.3) is 0 Å². The number of carbonyl (C=O) groups excluding carboxylic acids is 2. The highest BCUT2D eigenvalue weighted by atomic mass is 16.1. The predicted octanol–water partition coefficient (Wildman–Crippen LogP) is 3.31. The Morgan fingerprint density at radius 3 is 2.42 bits per heavy atom. The lowest BCUT2D eigenvalue weighted by Gasteiger charge is -2.48. The first-order valence-corrected chi connectivity index (χ1v) is 8.00. The monoisotopic (exact) mass is 258 g/mol. The van der Waals surface area contributed by atoms with E-state index in [1.807, 2.05) is 6.08 Å². The van der Waals surface area contributed by atoms with Gasteiger partial charge in [0.25, 0.3) is 0 Å². The zero-order valence-electron chi connectivity index (χ0n) is 11.4. The first-order valence-electron chi connectivity index (χ1n) is 8.00. The van der Waals surface area contributed by atoms with Gasteiger partial charge < -0.3 is 0 Å². The fraction of sp³-hybridized carbons (Fsp3) is 0.765. The van der Waals surface area contributed by atoms with E-state index in [4.69, 9.17) is 0 Å². The van der Waals surface area contributed by atoms with E-state index in [-0.39, 0.29) is 0 Å². The van der Waals surface area contributed by atoms with Crippen LogP contribution in [0.3, 0.4) is 0 Å². The number of rotatable bonds is 0. The van der Waals surface area contributed by atoms with E-state index in [0.717, 1.165) is 50.4 Å². The van der Waals surface area contributed by atoms with Crippen molar-refractivity contribution in [1.82, 2.24) is 0 Å². The molecule has 0 aromatic heterocycles. The molecule has 0 spiro atoms. The van der Waals surface area contributed by atoms with Gasteiger partial charge in [-0.2, -0.15) is 0 Å². The van der Waals surface area contributed by atoms with Crippen molar-refractivity contribution in [3.63, 3.8) is 0 Å². The van der Waals surface area contributed by atoms with Gasteiger partial charge in [0, 0.05) is 18.8 Å². The van der Waals surface area contributed by atoms with Crippen LogP contribution in [0, 0.1) is 29.6 Å². The van der Waals surface area contributed by atoms with Crippen molar-refractivity contribution >= 4 is 11.6 Å². The van der Waals surface area contributed by atoms with Crippen LogP contribution in [0.4, 0.5) is 0 Å². The second kappa shape index (κ2) is 4.29. The second-order valence-corrected chi connectivity index (χ2v) is 7.05. The number of fused-ring (bicyclic) bond motifs is 5. The molecule has 2 heteroatoms. The summed E-state index contributed by atoms with van der Waals surface area (Å²) < 4.78 is 0. The van der Waals surface area contributed by atoms with Crippen molar-refractivity contribution in [1.29, 1.82) is 0 Å². The van der Waals surface area contributed by atoms with E-state index in [9.17, 15) is 9.59 Å². The SMILES string of the molecule is O=C1C=C2CC[C@H]3[C@@H]4CCC(=O)[C@H]4CC[C@@H]3[C@H]2CC1. The highest BCUT2D eigenvalue weighted by molar-refractivity contribution is 5.91. The Labute approximate surface area is 114 Å². The topological polar surface area (TPSA) is 34.1 Å². The van der Waals surface area contributed by atoms with Crippen LogP contribution < -0.4 is 0 Å². The highest BCUT2D eigenvalue weighted by Gasteiger charge is 2.49. The van der Waals surface area contributed by atoms with E-state index >= 15 is 0 Å². The molecule has 0 amide bonds. The molecule has 3 saturated carbocycles. The summed E-state index contributed by atoms with van der Waals surface area (Å²) in [4.78, 5) is 23.5. The van der Waals surface area contributed by atoms with E-state index < -0.39 is 0 Å². The van der Waals surface area contributed by atoms with Crippen LogP contribution in [0.15, 0.2) is 11.6 Å². The minimum absolute atomic E-state index is 0.342. The standard InChI is InChI=1S/C17H22O2/c18-11-2-4-12-10(9-11)1-3-14-13(12)5-6-16-15(14)7-8-17(16)19/h9,12-16H,1-8H2/t12-,13+,14+,15-,16-/m0/s1. The highest BCUT2D eigenvalue weighted by Crippen LogP contribution is 2.55. The zero-order chi connectivity index (χ0) is 13.0. The second-order valence-electron chi connectivity index (χ2n) is 7.05. The molecule has 4 aliphatic rings. The van der Waals surface area contributed by atoms with Crippen LogP contribution in [-0.2, 0) is 9.59 Å². The largest absolute Gasteiger partial charge is 0.299 e. The maximum atomic E-state index is 12.0. The summed E-state index contributed by atoms with van der Waals surface area (Å²) in [5, 5.41) is 0. The molecule has 4 aliphatic carbocycles. The molecule has 2 nitrogen and oxygen atoms in total. The van der Waals surface area contributed by atoms with Crippen molar-refractivity contribution in [2.45, 2.75) is 51.4 Å². The van der Waals surface area contributed by atoms with Gasteiger partial charge in [-0.05, 0) is 68.3 Å². The summed E-state index contributed by atoms with van der Waals surface area (Å²) in [5.41, 5.74) is 1.44. The molecule has 0 saturated heterocycles. The molecule has 0 bridgehead atoms. The fourth-order valence-corrected chi connectivity index (χ4v) is 5.60. The molecular formula is C17H22O2. The smallest absolute Gasteiger partial charge is 0.155 e. The summed E-state index contributed by atoms with van der Waals surface area (Å²) >= 11 is 0. The predicted molar refractivity (Wildman–Crippen MR) is 72.5 cm³/mol. The van der Waals surface area contributed by atoms with Crippen LogP contribution in [0.1, 0.15) is 51.4 Å². The number of carbonyl (C=O) groups is 2. The van der Waals surface area contributed by atoms with Gasteiger partial charge in [0.05, 0.1) is 0 Å². The third-order valence-corrected chi connectivity index (χ3v) is 6.37. The molecule has 0 aromatic carbocycles. The van der Waals surface area contributed by atoms with Gasteiger partial charge in [-0.25, -0.2) is 0 Å². The van der Waals surface area contributed by atoms with Gasteiger partial charge in [0.1, 0.15) is 5.78 Å². The number of hydrogen-bond acceptors (Lipinski definition) is 2. The molecule has 0 radical (unpaired) electrons. The summed E-state index contributed by atoms with van der Waals surface area (Å²) in [6.07, 6.45) is 10.5. The van der Waals surface area contributed by atoms with Gasteiger partial charge in [0.15, 0.2) is 5.78 Å². The molecule has 3 fully saturated rings. The Morgan fingerprint density at radius 1 is 0.737 bits per heavy atom. The van der Waals surface area contributed by atoms with Gasteiger partial charge in [-0.1, -0.05) is 5.57 Å². The van der Waals surface area contributed by atoms with Crippen molar-refractivity contribution in [2.24, 2.45) is 29.6 Å². The third kappa shape index (κ3) is 1.75. The quantitative estimate of drug-likeness (QED) is 0.668. The Hall–Kier alpha value is -0.920. The molecule has 4 rings (SSSR count). The molecule has 0 aromatic rings. The molecular weight excluding hydrogens is 236 g/mol. The van der Waals surface area contributed by atoms with Crippen molar-refractivity contribution in [2.75, 3.05) is 0 Å². The molecule has 0 aliphatic heterocycles. The number of Topliss-reactive ketones (excluding diaryl/α,β-unsaturated/α-hetero) is 1. The van der Waals surface area contributed by atoms with Crippen LogP contribution in [0.2, 0.25) is 0 Å². The van der Waals surface area contributed by atoms with Gasteiger partial charge in [-0.15, -0.1) is 0 Å². The molecule has 5 atom stereocenters. The van der Waals surface area contributed by atoms with Crippen LogP contribution in [-0.4, -0.2) is 11.6 Å². The third-order valence-electron chi connectivity index (χ3n) is 6.37. The summed E-state index contributed by atoms with van der Waals surface area (Å²) in [6, 6.07) is 0. The Morgan fingerprint density at radius 2 is 1.53 bits per heavy atom. The average Bonchev–Trinajstić information content (AvgIpc) is 2.80. The maximum absolute atomic E-state index is 12.0. The molecule has 102 valence electrons. The molecule has 0 unspecified atom stereocenters. The number of ketones is 2. The van der Waals surface area contributed by atoms with Crippen molar-refractivity contribution in [3.05, 3.63) is 11.6 Å². The van der Waals surface area contributed by atoms with Crippen molar-refractivity contribution in [3.8, 4) is 0 Å². The lowest BCUT2D eigenvalue weighted by molar-refractivity contribution is -0.123. The summed E-state index contributed by atoms with van der Waals surface area (Å²) in [6.45, 7) is 0. The van der Waals surface area contributed by atoms with Crippen LogP contribution in [0.5, 0.6) is 0 Å². The molecule has 19 heavy (non-hydrogen) atoms. The Kier molecular flexibility index (Phi) is 2.68. The van der Waals surface area contributed by atoms with E-state index in [1.54, 1.807) is 0 Å². The minimum atomic E-state index is 0.342.